The molecule has 0 spiro atoms. The fourth-order valence-corrected chi connectivity index (χ4v) is 2.30. The van der Waals surface area contributed by atoms with E-state index >= 15 is 0 Å². The summed E-state index contributed by atoms with van der Waals surface area (Å²) in [7, 11) is 1.97. The molecule has 0 fully saturated rings. The monoisotopic (exact) mass is 253 g/mol. The lowest BCUT2D eigenvalue weighted by Gasteiger charge is -2.28. The van der Waals surface area contributed by atoms with Crippen LogP contribution in [0.2, 0.25) is 0 Å². The van der Waals surface area contributed by atoms with Gasteiger partial charge in [0, 0.05) is 24.4 Å². The molecular formula is C12H19N3OS. The summed E-state index contributed by atoms with van der Waals surface area (Å²) in [5.74, 6) is 0.564. The number of carbonyl (C=O) groups excluding carboxylic acids is 1. The van der Waals surface area contributed by atoms with Gasteiger partial charge in [0.2, 0.25) is 5.91 Å². The SMILES string of the molecule is CSCC(C)N(C)c1cc(C(N)=O)ccc1N. The highest BCUT2D eigenvalue weighted by Crippen LogP contribution is 2.25. The highest BCUT2D eigenvalue weighted by molar-refractivity contribution is 7.98. The van der Waals surface area contributed by atoms with E-state index in [2.05, 4.69) is 18.1 Å². The second-order valence-corrected chi connectivity index (χ2v) is 4.96. The summed E-state index contributed by atoms with van der Waals surface area (Å²) < 4.78 is 0. The lowest BCUT2D eigenvalue weighted by Crippen LogP contribution is -2.31. The molecule has 17 heavy (non-hydrogen) atoms. The van der Waals surface area contributed by atoms with Crippen molar-refractivity contribution in [3.05, 3.63) is 23.8 Å². The Labute approximate surface area is 106 Å². The Morgan fingerprint density at radius 2 is 2.18 bits per heavy atom. The van der Waals surface area contributed by atoms with Crippen molar-refractivity contribution in [2.75, 3.05) is 29.7 Å². The third-order valence-corrected chi connectivity index (χ3v) is 3.58. The summed E-state index contributed by atoms with van der Waals surface area (Å²) in [6, 6.07) is 5.45. The van der Waals surface area contributed by atoms with Crippen molar-refractivity contribution >= 4 is 29.0 Å². The van der Waals surface area contributed by atoms with Crippen LogP contribution in [0.4, 0.5) is 11.4 Å². The first-order valence-corrected chi connectivity index (χ1v) is 6.77. The molecule has 0 aliphatic heterocycles. The van der Waals surface area contributed by atoms with Crippen LogP contribution in [-0.4, -0.2) is 31.0 Å². The van der Waals surface area contributed by atoms with Crippen LogP contribution in [0.25, 0.3) is 0 Å². The summed E-state index contributed by atoms with van der Waals surface area (Å²) in [5, 5.41) is 0. The molecular weight excluding hydrogens is 234 g/mol. The molecule has 0 heterocycles. The molecule has 1 rings (SSSR count). The predicted octanol–water partition coefficient (Wildman–Crippen LogP) is 1.56. The van der Waals surface area contributed by atoms with Gasteiger partial charge in [-0.2, -0.15) is 11.8 Å². The first kappa shape index (κ1) is 13.7. The van der Waals surface area contributed by atoms with E-state index in [9.17, 15) is 4.79 Å². The van der Waals surface area contributed by atoms with Gasteiger partial charge in [0.05, 0.1) is 11.4 Å². The van der Waals surface area contributed by atoms with Crippen molar-refractivity contribution in [2.45, 2.75) is 13.0 Å². The standard InChI is InChI=1S/C12H19N3OS/c1-8(7-17-3)15(2)11-6-9(12(14)16)4-5-10(11)13/h4-6,8H,7,13H2,1-3H3,(H2,14,16). The van der Waals surface area contributed by atoms with Gasteiger partial charge in [-0.3, -0.25) is 4.79 Å². The van der Waals surface area contributed by atoms with Gasteiger partial charge in [0.15, 0.2) is 0 Å². The van der Waals surface area contributed by atoms with Crippen molar-refractivity contribution in [1.82, 2.24) is 0 Å². The van der Waals surface area contributed by atoms with E-state index in [0.717, 1.165) is 11.4 Å². The minimum atomic E-state index is -0.433. The van der Waals surface area contributed by atoms with Crippen LogP contribution in [0, 0.1) is 0 Å². The molecule has 1 atom stereocenters. The number of carbonyl (C=O) groups is 1. The van der Waals surface area contributed by atoms with Gasteiger partial charge >= 0.3 is 0 Å². The van der Waals surface area contributed by atoms with E-state index in [-0.39, 0.29) is 0 Å². The van der Waals surface area contributed by atoms with E-state index in [1.165, 1.54) is 0 Å². The van der Waals surface area contributed by atoms with Gasteiger partial charge in [-0.15, -0.1) is 0 Å². The normalized spacial score (nSPS) is 12.2. The van der Waals surface area contributed by atoms with Gasteiger partial charge < -0.3 is 16.4 Å². The van der Waals surface area contributed by atoms with Gasteiger partial charge in [0.1, 0.15) is 0 Å². The van der Waals surface area contributed by atoms with Crippen molar-refractivity contribution in [3.63, 3.8) is 0 Å². The fraction of sp³-hybridized carbons (Fsp3) is 0.417. The Morgan fingerprint density at radius 3 is 2.71 bits per heavy atom. The molecule has 94 valence electrons. The Balaban J connectivity index is 3.03. The minimum absolute atomic E-state index is 0.343. The zero-order valence-electron chi connectivity index (χ0n) is 10.4. The number of benzene rings is 1. The first-order chi connectivity index (χ1) is 7.97. The van der Waals surface area contributed by atoms with Crippen LogP contribution in [0.15, 0.2) is 18.2 Å². The number of thioether (sulfide) groups is 1. The molecule has 1 amide bonds. The van der Waals surface area contributed by atoms with Crippen LogP contribution in [0.3, 0.4) is 0 Å². The minimum Gasteiger partial charge on any atom is -0.397 e. The molecule has 0 radical (unpaired) electrons. The fourth-order valence-electron chi connectivity index (χ4n) is 1.59. The lowest BCUT2D eigenvalue weighted by atomic mass is 10.1. The Kier molecular flexibility index (Phi) is 4.69. The lowest BCUT2D eigenvalue weighted by molar-refractivity contribution is 0.100. The average molecular weight is 253 g/mol. The van der Waals surface area contributed by atoms with E-state index in [1.807, 2.05) is 7.05 Å². The molecule has 0 aliphatic carbocycles. The summed E-state index contributed by atoms with van der Waals surface area (Å²) in [6.45, 7) is 2.12. The van der Waals surface area contributed by atoms with Crippen LogP contribution in [0.5, 0.6) is 0 Å². The Hall–Kier alpha value is -1.36. The molecule has 1 aromatic carbocycles. The molecule has 4 N–H and O–H groups in total. The van der Waals surface area contributed by atoms with Gasteiger partial charge in [0.25, 0.3) is 0 Å². The number of nitrogen functional groups attached to an aromatic ring is 1. The molecule has 1 aromatic rings. The molecule has 0 saturated heterocycles. The van der Waals surface area contributed by atoms with Crippen molar-refractivity contribution in [3.8, 4) is 0 Å². The van der Waals surface area contributed by atoms with E-state index in [1.54, 1.807) is 30.0 Å². The van der Waals surface area contributed by atoms with E-state index < -0.39 is 5.91 Å². The van der Waals surface area contributed by atoms with Crippen molar-refractivity contribution in [1.29, 1.82) is 0 Å². The van der Waals surface area contributed by atoms with Crippen molar-refractivity contribution in [2.24, 2.45) is 5.73 Å². The number of primary amides is 1. The largest absolute Gasteiger partial charge is 0.397 e. The number of hydrogen-bond donors (Lipinski definition) is 2. The quantitative estimate of drug-likeness (QED) is 0.781. The zero-order valence-corrected chi connectivity index (χ0v) is 11.3. The molecule has 5 heteroatoms. The molecule has 4 nitrogen and oxygen atoms in total. The smallest absolute Gasteiger partial charge is 0.248 e. The maximum Gasteiger partial charge on any atom is 0.248 e. The third kappa shape index (κ3) is 3.30. The van der Waals surface area contributed by atoms with Gasteiger partial charge in [-0.05, 0) is 31.4 Å². The van der Waals surface area contributed by atoms with Crippen LogP contribution in [0.1, 0.15) is 17.3 Å². The Morgan fingerprint density at radius 1 is 1.53 bits per heavy atom. The summed E-state index contributed by atoms with van der Waals surface area (Å²) in [4.78, 5) is 13.2. The van der Waals surface area contributed by atoms with Crippen LogP contribution < -0.4 is 16.4 Å². The van der Waals surface area contributed by atoms with Gasteiger partial charge in [-0.1, -0.05) is 0 Å². The maximum absolute atomic E-state index is 11.1. The summed E-state index contributed by atoms with van der Waals surface area (Å²) in [6.07, 6.45) is 2.06. The topological polar surface area (TPSA) is 72.3 Å². The number of nitrogens with two attached hydrogens (primary N) is 2. The number of rotatable bonds is 5. The predicted molar refractivity (Wildman–Crippen MR) is 75.6 cm³/mol. The third-order valence-electron chi connectivity index (χ3n) is 2.76. The van der Waals surface area contributed by atoms with E-state index in [0.29, 0.717) is 17.3 Å². The molecule has 0 saturated carbocycles. The van der Waals surface area contributed by atoms with Crippen molar-refractivity contribution < 1.29 is 4.79 Å². The maximum atomic E-state index is 11.1. The molecule has 1 unspecified atom stereocenters. The molecule has 0 aromatic heterocycles. The highest BCUT2D eigenvalue weighted by Gasteiger charge is 2.13. The summed E-state index contributed by atoms with van der Waals surface area (Å²) in [5.41, 5.74) is 13.2. The Bertz CT molecular complexity index is 409. The number of hydrogen-bond acceptors (Lipinski definition) is 4. The summed E-state index contributed by atoms with van der Waals surface area (Å²) >= 11 is 1.77. The average Bonchev–Trinajstić information content (AvgIpc) is 2.28. The molecule has 0 aliphatic rings. The van der Waals surface area contributed by atoms with Crippen LogP contribution >= 0.6 is 11.8 Å². The van der Waals surface area contributed by atoms with Gasteiger partial charge in [-0.25, -0.2) is 0 Å². The molecule has 0 bridgehead atoms. The number of anilines is 2. The second kappa shape index (κ2) is 5.82. The number of nitrogens with zero attached hydrogens (tertiary/aromatic N) is 1. The van der Waals surface area contributed by atoms with E-state index in [4.69, 9.17) is 11.5 Å². The highest BCUT2D eigenvalue weighted by atomic mass is 32.2. The number of amides is 1. The first-order valence-electron chi connectivity index (χ1n) is 5.38. The van der Waals surface area contributed by atoms with Crippen LogP contribution in [-0.2, 0) is 0 Å². The second-order valence-electron chi connectivity index (χ2n) is 4.05. The zero-order chi connectivity index (χ0) is 13.0.